The zero-order chi connectivity index (χ0) is 13.6. The fourth-order valence-corrected chi connectivity index (χ4v) is 2.27. The maximum absolute atomic E-state index is 4.73. The van der Waals surface area contributed by atoms with Gasteiger partial charge in [-0.3, -0.25) is 0 Å². The number of fused-ring (bicyclic) bond motifs is 2. The summed E-state index contributed by atoms with van der Waals surface area (Å²) in [5.41, 5.74) is 6.74. The molecule has 0 fully saturated rings. The lowest BCUT2D eigenvalue weighted by atomic mass is 10.1. The molecule has 0 radical (unpaired) electrons. The van der Waals surface area contributed by atoms with Gasteiger partial charge in [0.2, 0.25) is 5.36 Å². The SMILES string of the molecule is Cc1cc2nc3ccc(=[N+](C)C)cc-3[nH]c2cc1C. The topological polar surface area (TPSA) is 31.7 Å². The molecule has 0 bridgehead atoms. The van der Waals surface area contributed by atoms with Gasteiger partial charge in [-0.05, 0) is 43.2 Å². The van der Waals surface area contributed by atoms with E-state index in [1.807, 2.05) is 14.1 Å². The predicted octanol–water partition coefficient (Wildman–Crippen LogP) is 2.32. The van der Waals surface area contributed by atoms with Crippen LogP contribution in [0.2, 0.25) is 0 Å². The molecule has 0 saturated carbocycles. The third kappa shape index (κ3) is 2.01. The van der Waals surface area contributed by atoms with Crippen LogP contribution in [0.4, 0.5) is 0 Å². The van der Waals surface area contributed by atoms with Crippen molar-refractivity contribution >= 4 is 11.0 Å². The van der Waals surface area contributed by atoms with Gasteiger partial charge >= 0.3 is 0 Å². The van der Waals surface area contributed by atoms with Crippen molar-refractivity contribution in [3.63, 3.8) is 0 Å². The van der Waals surface area contributed by atoms with E-state index in [1.54, 1.807) is 0 Å². The van der Waals surface area contributed by atoms with Gasteiger partial charge in [0.1, 0.15) is 14.1 Å². The van der Waals surface area contributed by atoms with Gasteiger partial charge in [0.25, 0.3) is 0 Å². The van der Waals surface area contributed by atoms with Gasteiger partial charge < -0.3 is 4.98 Å². The molecule has 1 N–H and O–H groups in total. The van der Waals surface area contributed by atoms with E-state index in [2.05, 4.69) is 53.7 Å². The van der Waals surface area contributed by atoms with Crippen LogP contribution >= 0.6 is 0 Å². The number of aromatic nitrogens is 2. The van der Waals surface area contributed by atoms with Gasteiger partial charge in [0.15, 0.2) is 0 Å². The van der Waals surface area contributed by atoms with E-state index < -0.39 is 0 Å². The first-order valence-electron chi connectivity index (χ1n) is 6.46. The average molecular weight is 252 g/mol. The fraction of sp³-hybridized carbons (Fsp3) is 0.250. The number of aromatic amines is 1. The number of aryl methyl sites for hydroxylation is 2. The van der Waals surface area contributed by atoms with Crippen molar-refractivity contribution < 1.29 is 0 Å². The molecule has 0 spiro atoms. The first kappa shape index (κ1) is 11.9. The standard InChI is InChI=1S/C16H17N3/c1-10-7-14-15(8-11(10)2)18-16-9-12(19(3)4)5-6-13(16)17-14/h5-9H,1-4H3/p+1. The van der Waals surface area contributed by atoms with Gasteiger partial charge in [-0.1, -0.05) is 0 Å². The summed E-state index contributed by atoms with van der Waals surface area (Å²) >= 11 is 0. The van der Waals surface area contributed by atoms with Gasteiger partial charge in [0.05, 0.1) is 22.4 Å². The highest BCUT2D eigenvalue weighted by Crippen LogP contribution is 2.22. The lowest BCUT2D eigenvalue weighted by Crippen LogP contribution is -2.21. The maximum Gasteiger partial charge on any atom is 0.201 e. The molecule has 3 heteroatoms. The van der Waals surface area contributed by atoms with E-state index in [-0.39, 0.29) is 0 Å². The predicted molar refractivity (Wildman–Crippen MR) is 79.3 cm³/mol. The quantitative estimate of drug-likeness (QED) is 0.483. The van der Waals surface area contributed by atoms with Crippen LogP contribution in [0.3, 0.4) is 0 Å². The Balaban J connectivity index is 2.40. The molecule has 0 aromatic heterocycles. The number of rotatable bonds is 0. The summed E-state index contributed by atoms with van der Waals surface area (Å²) in [6.07, 6.45) is 0. The summed E-state index contributed by atoms with van der Waals surface area (Å²) in [5, 5.41) is 1.17. The molecule has 0 atom stereocenters. The van der Waals surface area contributed by atoms with Crippen LogP contribution in [-0.2, 0) is 0 Å². The van der Waals surface area contributed by atoms with Crippen LogP contribution in [0.15, 0.2) is 30.3 Å². The van der Waals surface area contributed by atoms with Crippen molar-refractivity contribution in [2.45, 2.75) is 13.8 Å². The molecular weight excluding hydrogens is 234 g/mol. The number of hydrogen-bond acceptors (Lipinski definition) is 1. The number of nitrogens with one attached hydrogen (secondary N) is 1. The van der Waals surface area contributed by atoms with E-state index >= 15 is 0 Å². The molecule has 0 unspecified atom stereocenters. The van der Waals surface area contributed by atoms with Crippen LogP contribution < -0.4 is 9.93 Å². The Morgan fingerprint density at radius 1 is 1.00 bits per heavy atom. The minimum absolute atomic E-state index is 1.00. The van der Waals surface area contributed by atoms with Crippen molar-refractivity contribution in [3.8, 4) is 11.4 Å². The van der Waals surface area contributed by atoms with Crippen molar-refractivity contribution in [1.82, 2.24) is 14.5 Å². The van der Waals surface area contributed by atoms with E-state index in [4.69, 9.17) is 4.98 Å². The summed E-state index contributed by atoms with van der Waals surface area (Å²) in [5.74, 6) is 0. The number of nitrogens with zero attached hydrogens (tertiary/aromatic N) is 2. The normalized spacial score (nSPS) is 11.2. The van der Waals surface area contributed by atoms with E-state index in [1.165, 1.54) is 16.5 Å². The minimum atomic E-state index is 1.00. The highest BCUT2D eigenvalue weighted by Gasteiger charge is 2.08. The lowest BCUT2D eigenvalue weighted by Gasteiger charge is -2.09. The molecule has 19 heavy (non-hydrogen) atoms. The van der Waals surface area contributed by atoms with Gasteiger partial charge in [-0.2, -0.15) is 0 Å². The summed E-state index contributed by atoms with van der Waals surface area (Å²) in [7, 11) is 4.09. The second-order valence-electron chi connectivity index (χ2n) is 5.29. The van der Waals surface area contributed by atoms with Gasteiger partial charge in [0, 0.05) is 12.1 Å². The van der Waals surface area contributed by atoms with Crippen LogP contribution in [0.25, 0.3) is 22.4 Å². The Hall–Kier alpha value is -2.16. The Bertz CT molecular complexity index is 808. The second kappa shape index (κ2) is 4.19. The second-order valence-corrected chi connectivity index (χ2v) is 5.29. The number of benzene rings is 2. The molecule has 0 amide bonds. The Morgan fingerprint density at radius 3 is 2.47 bits per heavy atom. The van der Waals surface area contributed by atoms with Crippen LogP contribution in [-0.4, -0.2) is 24.1 Å². The number of H-pyrrole nitrogens is 1. The summed E-state index contributed by atoms with van der Waals surface area (Å²) in [6, 6.07) is 10.6. The van der Waals surface area contributed by atoms with Crippen molar-refractivity contribution in [2.24, 2.45) is 0 Å². The number of hydrogen-bond donors (Lipinski definition) is 1. The first-order chi connectivity index (χ1) is 9.04. The molecule has 1 heterocycles. The van der Waals surface area contributed by atoms with Crippen molar-refractivity contribution in [3.05, 3.63) is 46.8 Å². The van der Waals surface area contributed by atoms with Gasteiger partial charge in [-0.25, -0.2) is 9.56 Å². The highest BCUT2D eigenvalue weighted by atomic mass is 14.9. The maximum atomic E-state index is 4.73. The smallest absolute Gasteiger partial charge is 0.201 e. The monoisotopic (exact) mass is 252 g/mol. The van der Waals surface area contributed by atoms with E-state index in [0.29, 0.717) is 0 Å². The molecule has 1 aromatic carbocycles. The first-order valence-corrected chi connectivity index (χ1v) is 6.46. The highest BCUT2D eigenvalue weighted by molar-refractivity contribution is 5.80. The van der Waals surface area contributed by atoms with E-state index in [9.17, 15) is 0 Å². The molecular formula is C16H18N3+. The third-order valence-electron chi connectivity index (χ3n) is 3.62. The van der Waals surface area contributed by atoms with Crippen LogP contribution in [0.5, 0.6) is 0 Å². The zero-order valence-corrected chi connectivity index (χ0v) is 11.8. The molecule has 2 aliphatic rings. The third-order valence-corrected chi connectivity index (χ3v) is 3.62. The summed E-state index contributed by atoms with van der Waals surface area (Å²) in [4.78, 5) is 8.21. The molecule has 3 nitrogen and oxygen atoms in total. The van der Waals surface area contributed by atoms with E-state index in [0.717, 1.165) is 22.4 Å². The van der Waals surface area contributed by atoms with Crippen molar-refractivity contribution in [2.75, 3.05) is 14.1 Å². The molecule has 0 saturated heterocycles. The van der Waals surface area contributed by atoms with Crippen molar-refractivity contribution in [1.29, 1.82) is 0 Å². The Labute approximate surface area is 112 Å². The zero-order valence-electron chi connectivity index (χ0n) is 11.8. The molecule has 96 valence electrons. The summed E-state index contributed by atoms with van der Waals surface area (Å²) < 4.78 is 2.10. The minimum Gasteiger partial charge on any atom is -0.352 e. The van der Waals surface area contributed by atoms with Gasteiger partial charge in [-0.15, -0.1) is 0 Å². The largest absolute Gasteiger partial charge is 0.352 e. The molecule has 1 aliphatic heterocycles. The Morgan fingerprint density at radius 2 is 1.74 bits per heavy atom. The van der Waals surface area contributed by atoms with Crippen LogP contribution in [0, 0.1) is 13.8 Å². The summed E-state index contributed by atoms with van der Waals surface area (Å²) in [6.45, 7) is 4.25. The van der Waals surface area contributed by atoms with Crippen LogP contribution in [0.1, 0.15) is 11.1 Å². The Kier molecular flexibility index (Phi) is 2.63. The molecule has 1 aliphatic carbocycles. The molecule has 3 rings (SSSR count). The lowest BCUT2D eigenvalue weighted by molar-refractivity contribution is 0.812. The average Bonchev–Trinajstić information content (AvgIpc) is 2.37. The fourth-order valence-electron chi connectivity index (χ4n) is 2.27. The molecule has 1 aromatic rings.